The Labute approximate surface area is 175 Å². The molecule has 1 atom stereocenters. The lowest BCUT2D eigenvalue weighted by atomic mass is 10.1. The molecular weight excluding hydrogens is 463 g/mol. The van der Waals surface area contributed by atoms with Crippen molar-refractivity contribution in [2.45, 2.75) is 31.9 Å². The highest BCUT2D eigenvalue weighted by atomic mass is 127. The first-order valence-corrected chi connectivity index (χ1v) is 9.69. The molecule has 26 heavy (non-hydrogen) atoms. The Balaban J connectivity index is 0.00000243. The largest absolute Gasteiger partial charge is 0.467 e. The standard InChI is InChI=1S/C18H26N4O2S.HI/c1-2-19-18(20-13-15(23)16-5-3-11-24-16)21-14-7-9-22(10-8-14)17-6-4-12-25-17;/h3-6,11-12,14-15,23H,2,7-10,13H2,1H3,(H2,19,20,21);1H. The van der Waals surface area contributed by atoms with Gasteiger partial charge in [-0.2, -0.15) is 0 Å². The first-order chi connectivity index (χ1) is 12.3. The molecule has 8 heteroatoms. The lowest BCUT2D eigenvalue weighted by Gasteiger charge is -2.33. The van der Waals surface area contributed by atoms with Crippen LogP contribution < -0.4 is 15.5 Å². The summed E-state index contributed by atoms with van der Waals surface area (Å²) < 4.78 is 5.22. The van der Waals surface area contributed by atoms with Crippen LogP contribution in [0.1, 0.15) is 31.6 Å². The van der Waals surface area contributed by atoms with Gasteiger partial charge < -0.3 is 25.1 Å². The van der Waals surface area contributed by atoms with Crippen LogP contribution in [-0.2, 0) is 0 Å². The average molecular weight is 490 g/mol. The number of aliphatic imine (C=N–C) groups is 1. The van der Waals surface area contributed by atoms with E-state index >= 15 is 0 Å². The summed E-state index contributed by atoms with van der Waals surface area (Å²) in [5.41, 5.74) is 0. The first-order valence-electron chi connectivity index (χ1n) is 8.81. The van der Waals surface area contributed by atoms with Gasteiger partial charge in [0.25, 0.3) is 0 Å². The molecule has 2 aromatic rings. The predicted octanol–water partition coefficient (Wildman–Crippen LogP) is 3.22. The Morgan fingerprint density at radius 3 is 2.81 bits per heavy atom. The van der Waals surface area contributed by atoms with Gasteiger partial charge in [0.2, 0.25) is 0 Å². The number of piperidine rings is 1. The molecule has 0 radical (unpaired) electrons. The van der Waals surface area contributed by atoms with Gasteiger partial charge >= 0.3 is 0 Å². The highest BCUT2D eigenvalue weighted by molar-refractivity contribution is 14.0. The number of hydrogen-bond donors (Lipinski definition) is 3. The van der Waals surface area contributed by atoms with Crippen molar-refractivity contribution in [3.05, 3.63) is 41.7 Å². The number of halogens is 1. The van der Waals surface area contributed by atoms with Crippen LogP contribution >= 0.6 is 35.3 Å². The number of aliphatic hydroxyl groups excluding tert-OH is 1. The summed E-state index contributed by atoms with van der Waals surface area (Å²) in [5, 5.41) is 20.3. The lowest BCUT2D eigenvalue weighted by molar-refractivity contribution is 0.158. The second-order valence-corrected chi connectivity index (χ2v) is 7.03. The maximum absolute atomic E-state index is 10.1. The second-order valence-electron chi connectivity index (χ2n) is 6.11. The zero-order valence-corrected chi connectivity index (χ0v) is 18.1. The first kappa shape index (κ1) is 21.0. The molecule has 0 bridgehead atoms. The van der Waals surface area contributed by atoms with Crippen molar-refractivity contribution >= 4 is 46.3 Å². The van der Waals surface area contributed by atoms with Gasteiger partial charge in [-0.3, -0.25) is 4.99 Å². The van der Waals surface area contributed by atoms with E-state index in [0.29, 0.717) is 11.8 Å². The Morgan fingerprint density at radius 2 is 2.19 bits per heavy atom. The molecule has 1 unspecified atom stereocenters. The van der Waals surface area contributed by atoms with Gasteiger partial charge in [0.1, 0.15) is 11.9 Å². The van der Waals surface area contributed by atoms with Crippen LogP contribution in [0.5, 0.6) is 0 Å². The molecule has 0 aliphatic carbocycles. The second kappa shape index (κ2) is 10.8. The fraction of sp³-hybridized carbons (Fsp3) is 0.500. The van der Waals surface area contributed by atoms with E-state index in [9.17, 15) is 5.11 Å². The molecule has 3 rings (SSSR count). The summed E-state index contributed by atoms with van der Waals surface area (Å²) in [6.07, 6.45) is 2.99. The van der Waals surface area contributed by atoms with E-state index in [1.807, 2.05) is 6.92 Å². The fourth-order valence-corrected chi connectivity index (χ4v) is 3.74. The van der Waals surface area contributed by atoms with Gasteiger partial charge in [0, 0.05) is 25.7 Å². The molecule has 1 saturated heterocycles. The number of aliphatic hydroxyl groups is 1. The Morgan fingerprint density at radius 1 is 1.38 bits per heavy atom. The quantitative estimate of drug-likeness (QED) is 0.330. The van der Waals surface area contributed by atoms with Crippen LogP contribution in [-0.4, -0.2) is 43.3 Å². The van der Waals surface area contributed by atoms with E-state index in [4.69, 9.17) is 4.42 Å². The number of guanidine groups is 1. The van der Waals surface area contributed by atoms with Crippen LogP contribution in [0.25, 0.3) is 0 Å². The third-order valence-corrected chi connectivity index (χ3v) is 5.22. The molecule has 1 aliphatic rings. The normalized spacial score (nSPS) is 16.8. The number of nitrogens with one attached hydrogen (secondary N) is 2. The molecule has 2 aromatic heterocycles. The highest BCUT2D eigenvalue weighted by Crippen LogP contribution is 2.24. The van der Waals surface area contributed by atoms with Crippen LogP contribution in [0.15, 0.2) is 45.3 Å². The molecule has 0 saturated carbocycles. The summed E-state index contributed by atoms with van der Waals surface area (Å²) in [5.74, 6) is 1.30. The summed E-state index contributed by atoms with van der Waals surface area (Å²) in [6.45, 7) is 5.20. The van der Waals surface area contributed by atoms with Gasteiger partial charge in [-0.1, -0.05) is 0 Å². The minimum atomic E-state index is -0.717. The molecule has 3 N–H and O–H groups in total. The zero-order valence-electron chi connectivity index (χ0n) is 14.9. The highest BCUT2D eigenvalue weighted by Gasteiger charge is 2.21. The molecule has 144 valence electrons. The fourth-order valence-electron chi connectivity index (χ4n) is 2.96. The van der Waals surface area contributed by atoms with Crippen molar-refractivity contribution in [1.82, 2.24) is 10.6 Å². The average Bonchev–Trinajstić information content (AvgIpc) is 3.33. The number of hydrogen-bond acceptors (Lipinski definition) is 5. The number of furan rings is 1. The maximum Gasteiger partial charge on any atom is 0.191 e. The van der Waals surface area contributed by atoms with Gasteiger partial charge in [-0.25, -0.2) is 0 Å². The van der Waals surface area contributed by atoms with E-state index < -0.39 is 6.10 Å². The molecule has 0 spiro atoms. The third-order valence-electron chi connectivity index (χ3n) is 4.29. The SMILES string of the molecule is CCNC(=NCC(O)c1ccco1)NC1CCN(c2cccs2)CC1.I. The summed E-state index contributed by atoms with van der Waals surface area (Å²) in [6, 6.07) is 8.22. The smallest absolute Gasteiger partial charge is 0.191 e. The van der Waals surface area contributed by atoms with Crippen LogP contribution in [0.4, 0.5) is 5.00 Å². The lowest BCUT2D eigenvalue weighted by Crippen LogP contribution is -2.48. The van der Waals surface area contributed by atoms with Gasteiger partial charge in [0.15, 0.2) is 5.96 Å². The Hall–Kier alpha value is -1.26. The molecular formula is C18H27IN4O2S. The Bertz CT molecular complexity index is 640. The van der Waals surface area contributed by atoms with Crippen LogP contribution in [0, 0.1) is 0 Å². The number of nitrogens with zero attached hydrogens (tertiary/aromatic N) is 2. The predicted molar refractivity (Wildman–Crippen MR) is 118 cm³/mol. The van der Waals surface area contributed by atoms with Gasteiger partial charge in [0.05, 0.1) is 17.8 Å². The minimum Gasteiger partial charge on any atom is -0.467 e. The van der Waals surface area contributed by atoms with Crippen molar-refractivity contribution in [2.75, 3.05) is 31.1 Å². The molecule has 3 heterocycles. The Kier molecular flexibility index (Phi) is 8.73. The molecule has 1 aliphatic heterocycles. The van der Waals surface area contributed by atoms with Crippen molar-refractivity contribution in [1.29, 1.82) is 0 Å². The minimum absolute atomic E-state index is 0. The number of thiophene rings is 1. The monoisotopic (exact) mass is 490 g/mol. The number of rotatable bonds is 6. The third kappa shape index (κ3) is 5.88. The topological polar surface area (TPSA) is 73.0 Å². The van der Waals surface area contributed by atoms with Crippen LogP contribution in [0.3, 0.4) is 0 Å². The molecule has 0 aromatic carbocycles. The van der Waals surface area contributed by atoms with Crippen molar-refractivity contribution in [3.8, 4) is 0 Å². The van der Waals surface area contributed by atoms with Crippen molar-refractivity contribution in [2.24, 2.45) is 4.99 Å². The van der Waals surface area contributed by atoms with Crippen molar-refractivity contribution in [3.63, 3.8) is 0 Å². The van der Waals surface area contributed by atoms with E-state index in [1.165, 1.54) is 5.00 Å². The van der Waals surface area contributed by atoms with Gasteiger partial charge in [-0.15, -0.1) is 35.3 Å². The summed E-state index contributed by atoms with van der Waals surface area (Å²) >= 11 is 1.80. The summed E-state index contributed by atoms with van der Waals surface area (Å²) in [7, 11) is 0. The summed E-state index contributed by atoms with van der Waals surface area (Å²) in [4.78, 5) is 6.94. The molecule has 6 nitrogen and oxygen atoms in total. The van der Waals surface area contributed by atoms with E-state index in [1.54, 1.807) is 29.7 Å². The molecule has 1 fully saturated rings. The van der Waals surface area contributed by atoms with E-state index in [0.717, 1.165) is 38.4 Å². The van der Waals surface area contributed by atoms with E-state index in [-0.39, 0.29) is 30.5 Å². The van der Waals surface area contributed by atoms with Crippen molar-refractivity contribution < 1.29 is 9.52 Å². The number of anilines is 1. The van der Waals surface area contributed by atoms with Crippen LogP contribution in [0.2, 0.25) is 0 Å². The zero-order chi connectivity index (χ0) is 17.5. The maximum atomic E-state index is 10.1. The van der Waals surface area contributed by atoms with Gasteiger partial charge in [-0.05, 0) is 49.4 Å². The molecule has 0 amide bonds. The van der Waals surface area contributed by atoms with E-state index in [2.05, 4.69) is 38.0 Å².